The summed E-state index contributed by atoms with van der Waals surface area (Å²) >= 11 is 0. The van der Waals surface area contributed by atoms with Crippen LogP contribution in [0.15, 0.2) is 30.3 Å². The van der Waals surface area contributed by atoms with Crippen LogP contribution < -0.4 is 10.0 Å². The fourth-order valence-electron chi connectivity index (χ4n) is 1.44. The van der Waals surface area contributed by atoms with Crippen molar-refractivity contribution >= 4 is 15.9 Å². The molecule has 1 rings (SSSR count). The quantitative estimate of drug-likeness (QED) is 0.674. The number of hydrogen-bond donors (Lipinski definition) is 2. The summed E-state index contributed by atoms with van der Waals surface area (Å²) in [5, 5.41) is 2.60. The number of ether oxygens (including phenoxy) is 1. The summed E-state index contributed by atoms with van der Waals surface area (Å²) in [6.45, 7) is 2.40. The van der Waals surface area contributed by atoms with Gasteiger partial charge in [-0.2, -0.15) is 0 Å². The zero-order valence-electron chi connectivity index (χ0n) is 11.6. The Morgan fingerprint density at radius 2 is 1.90 bits per heavy atom. The van der Waals surface area contributed by atoms with E-state index in [2.05, 4.69) is 10.0 Å². The first-order chi connectivity index (χ1) is 9.38. The standard InChI is InChI=1S/C13H20N2O4S/c1-11(19-10-12-6-4-3-5-7-12)13(16)14-8-9-15-20(2,17)18/h3-7,11,15H,8-10H2,1-2H3,(H,14,16)/t11-/m0/s1. The van der Waals surface area contributed by atoms with Crippen molar-refractivity contribution in [3.05, 3.63) is 35.9 Å². The monoisotopic (exact) mass is 300 g/mol. The van der Waals surface area contributed by atoms with Gasteiger partial charge in [0, 0.05) is 13.1 Å². The molecule has 0 aliphatic carbocycles. The van der Waals surface area contributed by atoms with Gasteiger partial charge in [-0.15, -0.1) is 0 Å². The van der Waals surface area contributed by atoms with E-state index in [0.717, 1.165) is 11.8 Å². The first kappa shape index (κ1) is 16.6. The largest absolute Gasteiger partial charge is 0.364 e. The predicted octanol–water partition coefficient (Wildman–Crippen LogP) is 0.257. The van der Waals surface area contributed by atoms with Gasteiger partial charge in [0.25, 0.3) is 0 Å². The Morgan fingerprint density at radius 1 is 1.25 bits per heavy atom. The van der Waals surface area contributed by atoms with Gasteiger partial charge < -0.3 is 10.1 Å². The molecule has 0 saturated carbocycles. The van der Waals surface area contributed by atoms with E-state index in [4.69, 9.17) is 4.74 Å². The van der Waals surface area contributed by atoms with Gasteiger partial charge in [0.2, 0.25) is 15.9 Å². The fourth-order valence-corrected chi connectivity index (χ4v) is 1.91. The molecule has 0 bridgehead atoms. The van der Waals surface area contributed by atoms with Crippen molar-refractivity contribution in [2.45, 2.75) is 19.6 Å². The molecule has 1 aromatic rings. The van der Waals surface area contributed by atoms with Gasteiger partial charge in [0.05, 0.1) is 12.9 Å². The highest BCUT2D eigenvalue weighted by Crippen LogP contribution is 2.03. The molecule has 0 spiro atoms. The topological polar surface area (TPSA) is 84.5 Å². The number of nitrogens with one attached hydrogen (secondary N) is 2. The highest BCUT2D eigenvalue weighted by Gasteiger charge is 2.12. The van der Waals surface area contributed by atoms with Gasteiger partial charge in [-0.25, -0.2) is 13.1 Å². The second kappa shape index (κ2) is 7.98. The second-order valence-corrected chi connectivity index (χ2v) is 6.23. The minimum absolute atomic E-state index is 0.163. The lowest BCUT2D eigenvalue weighted by molar-refractivity contribution is -0.132. The van der Waals surface area contributed by atoms with Crippen molar-refractivity contribution in [3.63, 3.8) is 0 Å². The van der Waals surface area contributed by atoms with Crippen molar-refractivity contribution in [1.82, 2.24) is 10.0 Å². The molecule has 1 atom stereocenters. The van der Waals surface area contributed by atoms with Gasteiger partial charge in [-0.1, -0.05) is 30.3 Å². The molecule has 112 valence electrons. The van der Waals surface area contributed by atoms with E-state index >= 15 is 0 Å². The molecule has 6 nitrogen and oxygen atoms in total. The maximum absolute atomic E-state index is 11.7. The highest BCUT2D eigenvalue weighted by atomic mass is 32.2. The van der Waals surface area contributed by atoms with Gasteiger partial charge in [0.1, 0.15) is 6.10 Å². The smallest absolute Gasteiger partial charge is 0.248 e. The maximum atomic E-state index is 11.7. The average Bonchev–Trinajstić information content (AvgIpc) is 2.40. The SMILES string of the molecule is C[C@H](OCc1ccccc1)C(=O)NCCNS(C)(=O)=O. The minimum Gasteiger partial charge on any atom is -0.364 e. The Morgan fingerprint density at radius 3 is 2.50 bits per heavy atom. The molecule has 1 aromatic carbocycles. The van der Waals surface area contributed by atoms with Crippen LogP contribution in [0.25, 0.3) is 0 Å². The van der Waals surface area contributed by atoms with E-state index in [1.165, 1.54) is 0 Å². The van der Waals surface area contributed by atoms with Gasteiger partial charge in [-0.3, -0.25) is 4.79 Å². The van der Waals surface area contributed by atoms with Crippen molar-refractivity contribution < 1.29 is 17.9 Å². The normalized spacial score (nSPS) is 12.9. The molecule has 20 heavy (non-hydrogen) atoms. The number of hydrogen-bond acceptors (Lipinski definition) is 4. The molecule has 0 heterocycles. The molecule has 0 aliphatic heterocycles. The minimum atomic E-state index is -3.22. The molecule has 0 fully saturated rings. The lowest BCUT2D eigenvalue weighted by Crippen LogP contribution is -2.39. The molecular weight excluding hydrogens is 280 g/mol. The van der Waals surface area contributed by atoms with Crippen molar-refractivity contribution in [3.8, 4) is 0 Å². The van der Waals surface area contributed by atoms with E-state index in [9.17, 15) is 13.2 Å². The van der Waals surface area contributed by atoms with Crippen LogP contribution in [0.2, 0.25) is 0 Å². The van der Waals surface area contributed by atoms with Crippen LogP contribution in [0.4, 0.5) is 0 Å². The molecule has 0 aliphatic rings. The molecule has 1 amide bonds. The van der Waals surface area contributed by atoms with Crippen LogP contribution in [0, 0.1) is 0 Å². The Balaban J connectivity index is 2.22. The van der Waals surface area contributed by atoms with Crippen molar-refractivity contribution in [2.75, 3.05) is 19.3 Å². The first-order valence-corrected chi connectivity index (χ1v) is 8.15. The molecule has 0 saturated heterocycles. The van der Waals surface area contributed by atoms with E-state index < -0.39 is 16.1 Å². The zero-order valence-corrected chi connectivity index (χ0v) is 12.4. The van der Waals surface area contributed by atoms with E-state index in [-0.39, 0.29) is 19.0 Å². The van der Waals surface area contributed by atoms with Gasteiger partial charge >= 0.3 is 0 Å². The van der Waals surface area contributed by atoms with Gasteiger partial charge in [-0.05, 0) is 12.5 Å². The van der Waals surface area contributed by atoms with Crippen LogP contribution in [-0.2, 0) is 26.2 Å². The summed E-state index contributed by atoms with van der Waals surface area (Å²) in [6, 6.07) is 9.55. The number of rotatable bonds is 8. The molecule has 2 N–H and O–H groups in total. The first-order valence-electron chi connectivity index (χ1n) is 6.26. The molecule has 0 radical (unpaired) electrons. The van der Waals surface area contributed by atoms with Crippen LogP contribution in [0.1, 0.15) is 12.5 Å². The van der Waals surface area contributed by atoms with Crippen LogP contribution in [-0.4, -0.2) is 39.8 Å². The average molecular weight is 300 g/mol. The second-order valence-electron chi connectivity index (χ2n) is 4.40. The Hall–Kier alpha value is -1.44. The Kier molecular flexibility index (Phi) is 6.63. The summed E-state index contributed by atoms with van der Waals surface area (Å²) < 4.78 is 29.4. The molecular formula is C13H20N2O4S. The van der Waals surface area contributed by atoms with Crippen molar-refractivity contribution in [1.29, 1.82) is 0 Å². The number of sulfonamides is 1. The maximum Gasteiger partial charge on any atom is 0.248 e. The number of benzene rings is 1. The summed E-state index contributed by atoms with van der Waals surface area (Å²) in [5.74, 6) is -0.267. The third kappa shape index (κ3) is 7.22. The summed E-state index contributed by atoms with van der Waals surface area (Å²) in [6.07, 6.45) is 0.480. The zero-order chi connectivity index (χ0) is 15.0. The van der Waals surface area contributed by atoms with Crippen molar-refractivity contribution in [2.24, 2.45) is 0 Å². The predicted molar refractivity (Wildman–Crippen MR) is 76.5 cm³/mol. The molecule has 0 aromatic heterocycles. The van der Waals surface area contributed by atoms with Crippen LogP contribution in [0.5, 0.6) is 0 Å². The number of amides is 1. The fraction of sp³-hybridized carbons (Fsp3) is 0.462. The third-order valence-corrected chi connectivity index (χ3v) is 3.23. The summed E-state index contributed by atoms with van der Waals surface area (Å²) in [7, 11) is -3.22. The Labute approximate surface area is 119 Å². The van der Waals surface area contributed by atoms with E-state index in [1.807, 2.05) is 30.3 Å². The number of carbonyl (C=O) groups excluding carboxylic acids is 1. The van der Waals surface area contributed by atoms with E-state index in [0.29, 0.717) is 6.61 Å². The Bertz CT molecular complexity index is 516. The summed E-state index contributed by atoms with van der Waals surface area (Å²) in [4.78, 5) is 11.7. The van der Waals surface area contributed by atoms with E-state index in [1.54, 1.807) is 6.92 Å². The third-order valence-electron chi connectivity index (χ3n) is 2.50. The molecule has 0 unspecified atom stereocenters. The molecule has 7 heteroatoms. The summed E-state index contributed by atoms with van der Waals surface area (Å²) in [5.41, 5.74) is 0.992. The van der Waals surface area contributed by atoms with Crippen LogP contribution >= 0.6 is 0 Å². The number of carbonyl (C=O) groups is 1. The van der Waals surface area contributed by atoms with Crippen LogP contribution in [0.3, 0.4) is 0 Å². The lowest BCUT2D eigenvalue weighted by atomic mass is 10.2. The highest BCUT2D eigenvalue weighted by molar-refractivity contribution is 7.88. The van der Waals surface area contributed by atoms with Gasteiger partial charge in [0.15, 0.2) is 0 Å². The lowest BCUT2D eigenvalue weighted by Gasteiger charge is -2.13.